The van der Waals surface area contributed by atoms with Crippen molar-refractivity contribution in [3.05, 3.63) is 24.3 Å². The van der Waals surface area contributed by atoms with Crippen molar-refractivity contribution in [2.45, 2.75) is 25.8 Å². The highest BCUT2D eigenvalue weighted by Crippen LogP contribution is 2.36. The van der Waals surface area contributed by atoms with Crippen LogP contribution in [0.4, 0.5) is 11.4 Å². The van der Waals surface area contributed by atoms with Crippen molar-refractivity contribution in [3.8, 4) is 0 Å². The van der Waals surface area contributed by atoms with Gasteiger partial charge in [-0.15, -0.1) is 0 Å². The van der Waals surface area contributed by atoms with Gasteiger partial charge in [0.2, 0.25) is 0 Å². The molecule has 1 fully saturated rings. The molecular weight excluding hydrogens is 184 g/mol. The molecule has 2 aliphatic heterocycles. The second-order valence-corrected chi connectivity index (χ2v) is 4.87. The van der Waals surface area contributed by atoms with Crippen LogP contribution in [0.2, 0.25) is 0 Å². The lowest BCUT2D eigenvalue weighted by molar-refractivity contribution is 0.367. The van der Waals surface area contributed by atoms with Crippen LogP contribution in [-0.4, -0.2) is 19.1 Å². The fraction of sp³-hybridized carbons (Fsp3) is 0.538. The summed E-state index contributed by atoms with van der Waals surface area (Å²) >= 11 is 0. The number of hydrogen-bond acceptors (Lipinski definition) is 2. The highest BCUT2D eigenvalue weighted by atomic mass is 15.2. The first-order valence-corrected chi connectivity index (χ1v) is 5.94. The van der Waals surface area contributed by atoms with E-state index in [0.29, 0.717) is 6.04 Å². The van der Waals surface area contributed by atoms with Crippen molar-refractivity contribution >= 4 is 11.4 Å². The number of fused-ring (bicyclic) bond motifs is 3. The second kappa shape index (κ2) is 3.44. The third-order valence-corrected chi connectivity index (χ3v) is 3.72. The topological polar surface area (TPSA) is 15.3 Å². The van der Waals surface area contributed by atoms with Crippen LogP contribution in [0.5, 0.6) is 0 Å². The van der Waals surface area contributed by atoms with Crippen LogP contribution in [0.25, 0.3) is 0 Å². The molecule has 0 radical (unpaired) electrons. The van der Waals surface area contributed by atoms with E-state index in [1.165, 1.54) is 30.8 Å². The summed E-state index contributed by atoms with van der Waals surface area (Å²) in [6.07, 6.45) is 2.67. The molecule has 0 aliphatic carbocycles. The smallest absolute Gasteiger partial charge is 0.0605 e. The van der Waals surface area contributed by atoms with Crippen LogP contribution >= 0.6 is 0 Å². The Bertz CT molecular complexity index is 361. The fourth-order valence-electron chi connectivity index (χ4n) is 2.86. The Morgan fingerprint density at radius 1 is 1.33 bits per heavy atom. The molecule has 3 rings (SSSR count). The Morgan fingerprint density at radius 3 is 3.13 bits per heavy atom. The molecule has 0 aromatic heterocycles. The molecule has 2 unspecified atom stereocenters. The lowest BCUT2D eigenvalue weighted by Crippen LogP contribution is -2.48. The van der Waals surface area contributed by atoms with E-state index in [1.54, 1.807) is 0 Å². The van der Waals surface area contributed by atoms with E-state index in [-0.39, 0.29) is 0 Å². The summed E-state index contributed by atoms with van der Waals surface area (Å²) in [7, 11) is 0. The monoisotopic (exact) mass is 202 g/mol. The number of piperidine rings is 1. The zero-order valence-corrected chi connectivity index (χ0v) is 9.24. The van der Waals surface area contributed by atoms with Gasteiger partial charge in [0, 0.05) is 19.1 Å². The average Bonchev–Trinajstić information content (AvgIpc) is 2.28. The Labute approximate surface area is 91.3 Å². The van der Waals surface area contributed by atoms with Crippen molar-refractivity contribution in [3.63, 3.8) is 0 Å². The van der Waals surface area contributed by atoms with Crippen molar-refractivity contribution in [2.24, 2.45) is 5.92 Å². The number of anilines is 2. The summed E-state index contributed by atoms with van der Waals surface area (Å²) in [4.78, 5) is 2.59. The summed E-state index contributed by atoms with van der Waals surface area (Å²) in [5.74, 6) is 0.887. The number of rotatable bonds is 0. The minimum Gasteiger partial charge on any atom is -0.381 e. The molecule has 2 atom stereocenters. The Kier molecular flexibility index (Phi) is 2.08. The molecule has 0 spiro atoms. The normalized spacial score (nSPS) is 29.0. The van der Waals surface area contributed by atoms with Crippen LogP contribution in [0.15, 0.2) is 24.3 Å². The van der Waals surface area contributed by atoms with Crippen molar-refractivity contribution in [2.75, 3.05) is 23.3 Å². The van der Waals surface area contributed by atoms with E-state index < -0.39 is 0 Å². The lowest BCUT2D eigenvalue weighted by Gasteiger charge is -2.44. The van der Waals surface area contributed by atoms with Crippen LogP contribution in [-0.2, 0) is 0 Å². The number of benzene rings is 1. The minimum atomic E-state index is 0.712. The molecule has 1 saturated heterocycles. The predicted octanol–water partition coefficient (Wildman–Crippen LogP) is 2.72. The molecule has 0 saturated carbocycles. The summed E-state index contributed by atoms with van der Waals surface area (Å²) in [6, 6.07) is 9.39. The van der Waals surface area contributed by atoms with Gasteiger partial charge in [-0.1, -0.05) is 19.1 Å². The summed E-state index contributed by atoms with van der Waals surface area (Å²) in [5, 5.41) is 3.54. The van der Waals surface area contributed by atoms with Crippen LogP contribution in [0.3, 0.4) is 0 Å². The van der Waals surface area contributed by atoms with Gasteiger partial charge in [0.1, 0.15) is 0 Å². The number of hydrogen-bond donors (Lipinski definition) is 1. The standard InChI is InChI=1S/C13H18N2/c1-10-6-7-15-11(8-10)9-14-12-4-2-3-5-13(12)15/h2-5,10-11,14H,6-9H2,1H3. The Hall–Kier alpha value is -1.18. The molecule has 1 aromatic carbocycles. The van der Waals surface area contributed by atoms with Gasteiger partial charge in [-0.2, -0.15) is 0 Å². The van der Waals surface area contributed by atoms with E-state index in [4.69, 9.17) is 0 Å². The van der Waals surface area contributed by atoms with Gasteiger partial charge in [0.05, 0.1) is 11.4 Å². The van der Waals surface area contributed by atoms with Crippen molar-refractivity contribution in [1.82, 2.24) is 0 Å². The summed E-state index contributed by atoms with van der Waals surface area (Å²) in [5.41, 5.74) is 2.71. The van der Waals surface area contributed by atoms with Gasteiger partial charge in [-0.3, -0.25) is 0 Å². The Morgan fingerprint density at radius 2 is 2.20 bits per heavy atom. The van der Waals surface area contributed by atoms with E-state index in [1.807, 2.05) is 0 Å². The van der Waals surface area contributed by atoms with Gasteiger partial charge < -0.3 is 10.2 Å². The maximum atomic E-state index is 3.54. The molecular formula is C13H18N2. The van der Waals surface area contributed by atoms with E-state index in [0.717, 1.165) is 12.5 Å². The van der Waals surface area contributed by atoms with Crippen LogP contribution in [0.1, 0.15) is 19.8 Å². The van der Waals surface area contributed by atoms with Gasteiger partial charge in [-0.05, 0) is 30.9 Å². The maximum Gasteiger partial charge on any atom is 0.0605 e. The first-order valence-electron chi connectivity index (χ1n) is 5.94. The highest BCUT2D eigenvalue weighted by molar-refractivity contribution is 5.72. The molecule has 0 amide bonds. The van der Waals surface area contributed by atoms with Crippen LogP contribution < -0.4 is 10.2 Å². The zero-order valence-electron chi connectivity index (χ0n) is 9.24. The SMILES string of the molecule is CC1CCN2c3ccccc3NCC2C1. The van der Waals surface area contributed by atoms with E-state index in [9.17, 15) is 0 Å². The maximum absolute atomic E-state index is 3.54. The molecule has 1 aromatic rings. The second-order valence-electron chi connectivity index (χ2n) is 4.87. The van der Waals surface area contributed by atoms with Crippen molar-refractivity contribution in [1.29, 1.82) is 0 Å². The van der Waals surface area contributed by atoms with Gasteiger partial charge in [0.25, 0.3) is 0 Å². The molecule has 2 aliphatic rings. The highest BCUT2D eigenvalue weighted by Gasteiger charge is 2.30. The largest absolute Gasteiger partial charge is 0.381 e. The molecule has 80 valence electrons. The molecule has 1 N–H and O–H groups in total. The Balaban J connectivity index is 1.93. The first kappa shape index (κ1) is 9.08. The molecule has 2 heterocycles. The third-order valence-electron chi connectivity index (χ3n) is 3.72. The molecule has 15 heavy (non-hydrogen) atoms. The van der Waals surface area contributed by atoms with Crippen molar-refractivity contribution < 1.29 is 0 Å². The lowest BCUT2D eigenvalue weighted by atomic mass is 9.90. The van der Waals surface area contributed by atoms with Gasteiger partial charge in [0.15, 0.2) is 0 Å². The van der Waals surface area contributed by atoms with E-state index in [2.05, 4.69) is 41.4 Å². The number of nitrogens with zero attached hydrogens (tertiary/aromatic N) is 1. The first-order chi connectivity index (χ1) is 7.34. The molecule has 2 nitrogen and oxygen atoms in total. The minimum absolute atomic E-state index is 0.712. The van der Waals surface area contributed by atoms with Crippen LogP contribution in [0, 0.1) is 5.92 Å². The molecule has 0 bridgehead atoms. The van der Waals surface area contributed by atoms with E-state index >= 15 is 0 Å². The number of para-hydroxylation sites is 2. The number of nitrogens with one attached hydrogen (secondary N) is 1. The average molecular weight is 202 g/mol. The third kappa shape index (κ3) is 1.48. The summed E-state index contributed by atoms with van der Waals surface area (Å²) < 4.78 is 0. The molecule has 2 heteroatoms. The zero-order chi connectivity index (χ0) is 10.3. The van der Waals surface area contributed by atoms with Gasteiger partial charge >= 0.3 is 0 Å². The van der Waals surface area contributed by atoms with Gasteiger partial charge in [-0.25, -0.2) is 0 Å². The quantitative estimate of drug-likeness (QED) is 0.696. The predicted molar refractivity (Wildman–Crippen MR) is 64.5 cm³/mol. The summed E-state index contributed by atoms with van der Waals surface area (Å²) in [6.45, 7) is 4.71. The fourth-order valence-corrected chi connectivity index (χ4v) is 2.86.